The monoisotopic (exact) mass is 452 g/mol. The first kappa shape index (κ1) is 24.2. The molecule has 0 aliphatic heterocycles. The van der Waals surface area contributed by atoms with Crippen LogP contribution in [0.4, 0.5) is 4.39 Å². The summed E-state index contributed by atoms with van der Waals surface area (Å²) in [6, 6.07) is 10.4. The van der Waals surface area contributed by atoms with Gasteiger partial charge < -0.3 is 10.2 Å². The molecule has 0 aliphatic carbocycles. The largest absolute Gasteiger partial charge is 0.352 e. The second kappa shape index (κ2) is 11.3. The number of carbonyl (C=O) groups excluding carboxylic acids is 2. The second-order valence-corrected chi connectivity index (χ2v) is 8.11. The van der Waals surface area contributed by atoms with Crippen LogP contribution in [0.25, 0.3) is 0 Å². The van der Waals surface area contributed by atoms with Gasteiger partial charge in [-0.2, -0.15) is 0 Å². The van der Waals surface area contributed by atoms with Gasteiger partial charge in [0.1, 0.15) is 11.9 Å². The van der Waals surface area contributed by atoms with Gasteiger partial charge in [-0.3, -0.25) is 9.59 Å². The third-order valence-electron chi connectivity index (χ3n) is 5.04. The van der Waals surface area contributed by atoms with Crippen LogP contribution in [0.3, 0.4) is 0 Å². The van der Waals surface area contributed by atoms with Crippen molar-refractivity contribution in [2.45, 2.75) is 58.7 Å². The molecule has 2 aromatic rings. The number of nitrogens with zero attached hydrogens (tertiary/aromatic N) is 1. The molecule has 2 rings (SSSR count). The molecule has 0 saturated heterocycles. The van der Waals surface area contributed by atoms with E-state index >= 15 is 0 Å². The molecule has 0 bridgehead atoms. The predicted molar refractivity (Wildman–Crippen MR) is 119 cm³/mol. The van der Waals surface area contributed by atoms with Crippen LogP contribution >= 0.6 is 23.2 Å². The van der Waals surface area contributed by atoms with Gasteiger partial charge in [0, 0.05) is 22.6 Å². The van der Waals surface area contributed by atoms with Crippen LogP contribution in [-0.2, 0) is 22.6 Å². The molecule has 0 aromatic heterocycles. The van der Waals surface area contributed by atoms with Crippen LogP contribution in [0, 0.1) is 5.82 Å². The Kier molecular flexibility index (Phi) is 9.12. The SMILES string of the molecule is CC[C@@H](C)NC(=O)[C@H](CC)N(Cc1ccc(Cl)cc1Cl)C(=O)Cc1ccccc1F. The quantitative estimate of drug-likeness (QED) is 0.553. The maximum Gasteiger partial charge on any atom is 0.243 e. The van der Waals surface area contributed by atoms with E-state index in [1.807, 2.05) is 20.8 Å². The van der Waals surface area contributed by atoms with Gasteiger partial charge in [-0.25, -0.2) is 4.39 Å². The normalized spacial score (nSPS) is 12.9. The van der Waals surface area contributed by atoms with Crippen molar-refractivity contribution in [2.24, 2.45) is 0 Å². The van der Waals surface area contributed by atoms with Gasteiger partial charge in [0.2, 0.25) is 11.8 Å². The smallest absolute Gasteiger partial charge is 0.243 e. The van der Waals surface area contributed by atoms with Crippen molar-refractivity contribution in [2.75, 3.05) is 0 Å². The molecule has 0 spiro atoms. The minimum absolute atomic E-state index is 0.0193. The Labute approximate surface area is 187 Å². The lowest BCUT2D eigenvalue weighted by molar-refractivity contribution is -0.141. The van der Waals surface area contributed by atoms with E-state index in [2.05, 4.69) is 5.32 Å². The standard InChI is InChI=1S/C23H27Cl2FN2O2/c1-4-15(3)27-23(30)21(5-2)28(14-17-10-11-18(24)13-19(17)25)22(29)12-16-8-6-7-9-20(16)26/h6-11,13,15,21H,4-5,12,14H2,1-3H3,(H,27,30)/t15-,21+/m1/s1. The zero-order valence-electron chi connectivity index (χ0n) is 17.4. The summed E-state index contributed by atoms with van der Waals surface area (Å²) in [4.78, 5) is 27.6. The molecule has 2 amide bonds. The Bertz CT molecular complexity index is 891. The van der Waals surface area contributed by atoms with E-state index in [1.165, 1.54) is 11.0 Å². The lowest BCUT2D eigenvalue weighted by Crippen LogP contribution is -2.51. The van der Waals surface area contributed by atoms with Gasteiger partial charge in [-0.1, -0.05) is 61.3 Å². The molecule has 0 radical (unpaired) electrons. The highest BCUT2D eigenvalue weighted by Gasteiger charge is 2.30. The van der Waals surface area contributed by atoms with E-state index in [0.717, 1.165) is 6.42 Å². The van der Waals surface area contributed by atoms with E-state index < -0.39 is 11.9 Å². The predicted octanol–water partition coefficient (Wildman–Crippen LogP) is 5.40. The van der Waals surface area contributed by atoms with Crippen molar-refractivity contribution in [1.82, 2.24) is 10.2 Å². The lowest BCUT2D eigenvalue weighted by atomic mass is 10.1. The molecular weight excluding hydrogens is 426 g/mol. The summed E-state index contributed by atoms with van der Waals surface area (Å²) in [7, 11) is 0. The fraction of sp³-hybridized carbons (Fsp3) is 0.391. The van der Waals surface area contributed by atoms with E-state index in [-0.39, 0.29) is 36.4 Å². The molecule has 2 aromatic carbocycles. The highest BCUT2D eigenvalue weighted by molar-refractivity contribution is 6.35. The van der Waals surface area contributed by atoms with Crippen LogP contribution in [0.1, 0.15) is 44.7 Å². The first-order valence-corrected chi connectivity index (χ1v) is 10.8. The summed E-state index contributed by atoms with van der Waals surface area (Å²) >= 11 is 12.3. The van der Waals surface area contributed by atoms with Crippen molar-refractivity contribution in [3.05, 3.63) is 69.5 Å². The van der Waals surface area contributed by atoms with Gasteiger partial charge in [-0.15, -0.1) is 0 Å². The van der Waals surface area contributed by atoms with Crippen molar-refractivity contribution >= 4 is 35.0 Å². The lowest BCUT2D eigenvalue weighted by Gasteiger charge is -2.32. The van der Waals surface area contributed by atoms with E-state index in [1.54, 1.807) is 36.4 Å². The van der Waals surface area contributed by atoms with Crippen LogP contribution in [-0.4, -0.2) is 28.8 Å². The van der Waals surface area contributed by atoms with E-state index in [0.29, 0.717) is 22.0 Å². The number of halogens is 3. The fourth-order valence-electron chi connectivity index (χ4n) is 3.10. The summed E-state index contributed by atoms with van der Waals surface area (Å²) in [6.45, 7) is 5.84. The summed E-state index contributed by atoms with van der Waals surface area (Å²) in [5, 5.41) is 3.83. The molecule has 2 atom stereocenters. The van der Waals surface area contributed by atoms with E-state index in [9.17, 15) is 14.0 Å². The summed E-state index contributed by atoms with van der Waals surface area (Å²) in [6.07, 6.45) is 1.04. The first-order chi connectivity index (χ1) is 14.3. The minimum Gasteiger partial charge on any atom is -0.352 e. The number of benzene rings is 2. The third kappa shape index (κ3) is 6.44. The molecule has 0 saturated carbocycles. The molecule has 1 N–H and O–H groups in total. The third-order valence-corrected chi connectivity index (χ3v) is 5.63. The number of hydrogen-bond acceptors (Lipinski definition) is 2. The number of hydrogen-bond donors (Lipinski definition) is 1. The van der Waals surface area contributed by atoms with Gasteiger partial charge >= 0.3 is 0 Å². The average molecular weight is 453 g/mol. The Morgan fingerprint density at radius 2 is 1.77 bits per heavy atom. The topological polar surface area (TPSA) is 49.4 Å². The zero-order chi connectivity index (χ0) is 22.3. The summed E-state index contributed by atoms with van der Waals surface area (Å²) in [5.74, 6) is -1.04. The molecular formula is C23H27Cl2FN2O2. The Morgan fingerprint density at radius 1 is 1.07 bits per heavy atom. The van der Waals surface area contributed by atoms with Gasteiger partial charge in [0.15, 0.2) is 0 Å². The molecule has 7 heteroatoms. The number of amides is 2. The maximum atomic E-state index is 14.1. The molecule has 0 heterocycles. The zero-order valence-corrected chi connectivity index (χ0v) is 18.9. The highest BCUT2D eigenvalue weighted by atomic mass is 35.5. The molecule has 0 fully saturated rings. The molecule has 0 aliphatic rings. The number of rotatable bonds is 9. The molecule has 30 heavy (non-hydrogen) atoms. The van der Waals surface area contributed by atoms with Crippen molar-refractivity contribution in [3.8, 4) is 0 Å². The van der Waals surface area contributed by atoms with Crippen LogP contribution in [0.2, 0.25) is 10.0 Å². The van der Waals surface area contributed by atoms with Crippen molar-refractivity contribution in [3.63, 3.8) is 0 Å². The fourth-order valence-corrected chi connectivity index (χ4v) is 3.57. The maximum absolute atomic E-state index is 14.1. The number of carbonyl (C=O) groups is 2. The van der Waals surface area contributed by atoms with Crippen LogP contribution in [0.5, 0.6) is 0 Å². The molecule has 4 nitrogen and oxygen atoms in total. The van der Waals surface area contributed by atoms with Gasteiger partial charge in [0.05, 0.1) is 6.42 Å². The Hall–Kier alpha value is -2.11. The first-order valence-electron chi connectivity index (χ1n) is 10.0. The molecule has 0 unspecified atom stereocenters. The minimum atomic E-state index is -0.704. The van der Waals surface area contributed by atoms with Crippen LogP contribution in [0.15, 0.2) is 42.5 Å². The van der Waals surface area contributed by atoms with Gasteiger partial charge in [0.25, 0.3) is 0 Å². The molecule has 162 valence electrons. The van der Waals surface area contributed by atoms with Crippen LogP contribution < -0.4 is 5.32 Å². The Morgan fingerprint density at radius 3 is 2.37 bits per heavy atom. The van der Waals surface area contributed by atoms with Crippen molar-refractivity contribution in [1.29, 1.82) is 0 Å². The second-order valence-electron chi connectivity index (χ2n) is 7.27. The van der Waals surface area contributed by atoms with Crippen molar-refractivity contribution < 1.29 is 14.0 Å². The average Bonchev–Trinajstić information content (AvgIpc) is 2.70. The highest BCUT2D eigenvalue weighted by Crippen LogP contribution is 2.24. The Balaban J connectivity index is 2.35. The summed E-state index contributed by atoms with van der Waals surface area (Å²) < 4.78 is 14.1. The van der Waals surface area contributed by atoms with Gasteiger partial charge in [-0.05, 0) is 49.1 Å². The summed E-state index contributed by atoms with van der Waals surface area (Å²) in [5.41, 5.74) is 0.949. The number of nitrogens with one attached hydrogen (secondary N) is 1. The van der Waals surface area contributed by atoms with E-state index in [4.69, 9.17) is 23.2 Å².